The van der Waals surface area contributed by atoms with Gasteiger partial charge in [0.15, 0.2) is 0 Å². The van der Waals surface area contributed by atoms with E-state index in [-0.39, 0.29) is 5.91 Å². The molecule has 0 spiro atoms. The van der Waals surface area contributed by atoms with Gasteiger partial charge in [0.2, 0.25) is 5.91 Å². The molecule has 100 valence electrons. The van der Waals surface area contributed by atoms with Crippen LogP contribution >= 0.6 is 0 Å². The Hall–Kier alpha value is -0.610. The summed E-state index contributed by atoms with van der Waals surface area (Å²) >= 11 is 0. The molecule has 0 bridgehead atoms. The fourth-order valence-corrected chi connectivity index (χ4v) is 1.50. The molecule has 1 saturated carbocycles. The Morgan fingerprint density at radius 2 is 2.18 bits per heavy atom. The first-order valence-electron chi connectivity index (χ1n) is 6.73. The van der Waals surface area contributed by atoms with E-state index in [2.05, 4.69) is 24.5 Å². The Labute approximate surface area is 104 Å². The Morgan fingerprint density at radius 1 is 1.41 bits per heavy atom. The number of hydrogen-bond acceptors (Lipinski definition) is 3. The van der Waals surface area contributed by atoms with E-state index in [9.17, 15) is 4.79 Å². The van der Waals surface area contributed by atoms with Gasteiger partial charge in [0.25, 0.3) is 0 Å². The number of amides is 1. The van der Waals surface area contributed by atoms with Crippen molar-refractivity contribution < 1.29 is 9.53 Å². The minimum atomic E-state index is 0.0921. The summed E-state index contributed by atoms with van der Waals surface area (Å²) in [7, 11) is 0. The summed E-state index contributed by atoms with van der Waals surface area (Å²) in [6.07, 6.45) is 3.53. The van der Waals surface area contributed by atoms with Crippen LogP contribution in [0.3, 0.4) is 0 Å². The van der Waals surface area contributed by atoms with E-state index in [0.29, 0.717) is 19.0 Å². The molecule has 17 heavy (non-hydrogen) atoms. The molecule has 0 saturated heterocycles. The van der Waals surface area contributed by atoms with E-state index in [1.165, 1.54) is 12.8 Å². The van der Waals surface area contributed by atoms with Crippen LogP contribution in [0.5, 0.6) is 0 Å². The van der Waals surface area contributed by atoms with Crippen LogP contribution in [0.4, 0.5) is 0 Å². The molecule has 1 fully saturated rings. The highest BCUT2D eigenvalue weighted by Crippen LogP contribution is 2.27. The predicted molar refractivity (Wildman–Crippen MR) is 68.9 cm³/mol. The Balaban J connectivity index is 1.79. The van der Waals surface area contributed by atoms with E-state index in [1.54, 1.807) is 0 Å². The molecule has 0 aliphatic heterocycles. The lowest BCUT2D eigenvalue weighted by Crippen LogP contribution is -2.35. The molecule has 0 atom stereocenters. The average molecular weight is 242 g/mol. The fourth-order valence-electron chi connectivity index (χ4n) is 1.50. The second-order valence-corrected chi connectivity index (χ2v) is 5.25. The molecule has 0 aromatic rings. The summed E-state index contributed by atoms with van der Waals surface area (Å²) in [5.74, 6) is 1.50. The molecule has 4 heteroatoms. The van der Waals surface area contributed by atoms with Crippen LogP contribution in [0.1, 0.15) is 33.1 Å². The fraction of sp³-hybridized carbons (Fsp3) is 0.923. The quantitative estimate of drug-likeness (QED) is 0.565. The second kappa shape index (κ2) is 8.48. The molecule has 0 heterocycles. The van der Waals surface area contributed by atoms with Crippen LogP contribution in [0.25, 0.3) is 0 Å². The third-order valence-electron chi connectivity index (χ3n) is 2.65. The van der Waals surface area contributed by atoms with Crippen molar-refractivity contribution in [3.63, 3.8) is 0 Å². The van der Waals surface area contributed by atoms with Gasteiger partial charge in [-0.1, -0.05) is 13.8 Å². The van der Waals surface area contributed by atoms with Crippen molar-refractivity contribution in [2.45, 2.75) is 33.1 Å². The maximum atomic E-state index is 11.4. The van der Waals surface area contributed by atoms with Gasteiger partial charge in [0.1, 0.15) is 0 Å². The zero-order chi connectivity index (χ0) is 12.5. The molecule has 4 nitrogen and oxygen atoms in total. The van der Waals surface area contributed by atoms with Gasteiger partial charge in [-0.2, -0.15) is 0 Å². The Kier molecular flexibility index (Phi) is 7.21. The first-order valence-corrected chi connectivity index (χ1v) is 6.73. The van der Waals surface area contributed by atoms with Gasteiger partial charge < -0.3 is 15.4 Å². The molecular weight excluding hydrogens is 216 g/mol. The van der Waals surface area contributed by atoms with Crippen LogP contribution in [-0.4, -0.2) is 38.8 Å². The molecule has 0 aromatic carbocycles. The van der Waals surface area contributed by atoms with E-state index in [0.717, 1.165) is 32.1 Å². The van der Waals surface area contributed by atoms with Crippen LogP contribution in [-0.2, 0) is 9.53 Å². The van der Waals surface area contributed by atoms with E-state index in [1.807, 2.05) is 0 Å². The van der Waals surface area contributed by atoms with Gasteiger partial charge in [-0.25, -0.2) is 0 Å². The van der Waals surface area contributed by atoms with Crippen molar-refractivity contribution in [1.29, 1.82) is 0 Å². The highest BCUT2D eigenvalue weighted by Gasteiger charge is 2.20. The molecule has 1 rings (SSSR count). The van der Waals surface area contributed by atoms with Gasteiger partial charge in [-0.15, -0.1) is 0 Å². The number of hydrogen-bond donors (Lipinski definition) is 2. The molecule has 0 aromatic heterocycles. The lowest BCUT2D eigenvalue weighted by atomic mass is 10.2. The average Bonchev–Trinajstić information content (AvgIpc) is 3.06. The summed E-state index contributed by atoms with van der Waals surface area (Å²) < 4.78 is 5.43. The summed E-state index contributed by atoms with van der Waals surface area (Å²) in [5, 5.41) is 6.05. The SMILES string of the molecule is CC(C)COCCCNC(=O)CNCC1CC1. The van der Waals surface area contributed by atoms with Crippen LogP contribution < -0.4 is 10.6 Å². The monoisotopic (exact) mass is 242 g/mol. The smallest absolute Gasteiger partial charge is 0.233 e. The number of carbonyl (C=O) groups is 1. The number of carbonyl (C=O) groups excluding carboxylic acids is 1. The normalized spacial score (nSPS) is 15.2. The molecule has 2 N–H and O–H groups in total. The van der Waals surface area contributed by atoms with E-state index in [4.69, 9.17) is 4.74 Å². The standard InChI is InChI=1S/C13H26N2O2/c1-11(2)10-17-7-3-6-15-13(16)9-14-8-12-4-5-12/h11-12,14H,3-10H2,1-2H3,(H,15,16). The summed E-state index contributed by atoms with van der Waals surface area (Å²) in [5.41, 5.74) is 0. The topological polar surface area (TPSA) is 50.4 Å². The highest BCUT2D eigenvalue weighted by molar-refractivity contribution is 5.77. The molecule has 0 radical (unpaired) electrons. The maximum absolute atomic E-state index is 11.4. The Morgan fingerprint density at radius 3 is 2.82 bits per heavy atom. The first-order chi connectivity index (χ1) is 8.18. The summed E-state index contributed by atoms with van der Waals surface area (Å²) in [4.78, 5) is 11.4. The van der Waals surface area contributed by atoms with Crippen molar-refractivity contribution >= 4 is 5.91 Å². The summed E-state index contributed by atoms with van der Waals surface area (Å²) in [6, 6.07) is 0. The lowest BCUT2D eigenvalue weighted by Gasteiger charge is -2.08. The highest BCUT2D eigenvalue weighted by atomic mass is 16.5. The molecule has 0 unspecified atom stereocenters. The van der Waals surface area contributed by atoms with Gasteiger partial charge in [-0.05, 0) is 37.6 Å². The number of ether oxygens (including phenoxy) is 1. The van der Waals surface area contributed by atoms with Crippen molar-refractivity contribution in [2.24, 2.45) is 11.8 Å². The van der Waals surface area contributed by atoms with Crippen molar-refractivity contribution in [1.82, 2.24) is 10.6 Å². The number of nitrogens with one attached hydrogen (secondary N) is 2. The van der Waals surface area contributed by atoms with E-state index < -0.39 is 0 Å². The maximum Gasteiger partial charge on any atom is 0.233 e. The van der Waals surface area contributed by atoms with Gasteiger partial charge in [-0.3, -0.25) is 4.79 Å². The van der Waals surface area contributed by atoms with Crippen LogP contribution in [0.2, 0.25) is 0 Å². The predicted octanol–water partition coefficient (Wildman–Crippen LogP) is 1.16. The van der Waals surface area contributed by atoms with Crippen molar-refractivity contribution in [3.05, 3.63) is 0 Å². The van der Waals surface area contributed by atoms with Crippen LogP contribution in [0, 0.1) is 11.8 Å². The van der Waals surface area contributed by atoms with E-state index >= 15 is 0 Å². The second-order valence-electron chi connectivity index (χ2n) is 5.25. The number of rotatable bonds is 10. The third-order valence-corrected chi connectivity index (χ3v) is 2.65. The van der Waals surface area contributed by atoms with Crippen LogP contribution in [0.15, 0.2) is 0 Å². The van der Waals surface area contributed by atoms with Crippen molar-refractivity contribution in [2.75, 3.05) is 32.8 Å². The largest absolute Gasteiger partial charge is 0.381 e. The molecule has 1 aliphatic carbocycles. The summed E-state index contributed by atoms with van der Waals surface area (Å²) in [6.45, 7) is 7.95. The zero-order valence-electron chi connectivity index (χ0n) is 11.1. The zero-order valence-corrected chi connectivity index (χ0v) is 11.1. The lowest BCUT2D eigenvalue weighted by molar-refractivity contribution is -0.120. The Bertz CT molecular complexity index is 215. The first kappa shape index (κ1) is 14.5. The molecule has 1 amide bonds. The van der Waals surface area contributed by atoms with Gasteiger partial charge in [0, 0.05) is 19.8 Å². The molecule has 1 aliphatic rings. The van der Waals surface area contributed by atoms with Crippen molar-refractivity contribution in [3.8, 4) is 0 Å². The minimum Gasteiger partial charge on any atom is -0.381 e. The minimum absolute atomic E-state index is 0.0921. The van der Waals surface area contributed by atoms with Gasteiger partial charge in [0.05, 0.1) is 6.54 Å². The molecular formula is C13H26N2O2. The van der Waals surface area contributed by atoms with Gasteiger partial charge >= 0.3 is 0 Å². The third kappa shape index (κ3) is 9.12.